The van der Waals surface area contributed by atoms with Gasteiger partial charge in [0.2, 0.25) is 0 Å². The number of nitrogens with one attached hydrogen (secondary N) is 1. The third-order valence-electron chi connectivity index (χ3n) is 5.05. The van der Waals surface area contributed by atoms with Crippen molar-refractivity contribution in [3.63, 3.8) is 0 Å². The number of nitrogens with two attached hydrogens (primary N) is 1. The second kappa shape index (κ2) is 4.60. The van der Waals surface area contributed by atoms with Gasteiger partial charge in [-0.2, -0.15) is 0 Å². The van der Waals surface area contributed by atoms with Crippen molar-refractivity contribution in [3.8, 4) is 0 Å². The number of nitrogens with zero attached hydrogens (tertiary/aromatic N) is 1. The van der Waals surface area contributed by atoms with Gasteiger partial charge in [-0.1, -0.05) is 20.3 Å². The Morgan fingerprint density at radius 3 is 3.00 bits per heavy atom. The summed E-state index contributed by atoms with van der Waals surface area (Å²) in [6.07, 6.45) is 7.73. The fraction of sp³-hybridized carbons (Fsp3) is 0.800. The molecule has 1 heterocycles. The highest BCUT2D eigenvalue weighted by atomic mass is 15.2. The van der Waals surface area contributed by atoms with Crippen molar-refractivity contribution in [3.05, 3.63) is 11.3 Å². The van der Waals surface area contributed by atoms with Crippen LogP contribution in [0.25, 0.3) is 0 Å². The van der Waals surface area contributed by atoms with Crippen molar-refractivity contribution >= 4 is 5.96 Å². The van der Waals surface area contributed by atoms with E-state index in [-0.39, 0.29) is 0 Å². The molecule has 3 aliphatic rings. The zero-order valence-electron chi connectivity index (χ0n) is 11.6. The zero-order chi connectivity index (χ0) is 12.7. The quantitative estimate of drug-likeness (QED) is 0.805. The molecule has 0 aromatic heterocycles. The van der Waals surface area contributed by atoms with E-state index in [1.54, 1.807) is 5.57 Å². The lowest BCUT2D eigenvalue weighted by molar-refractivity contribution is 0.299. The van der Waals surface area contributed by atoms with Gasteiger partial charge in [0.25, 0.3) is 0 Å². The van der Waals surface area contributed by atoms with Crippen LogP contribution in [-0.4, -0.2) is 12.0 Å². The molecule has 0 radical (unpaired) electrons. The first kappa shape index (κ1) is 12.1. The van der Waals surface area contributed by atoms with Crippen LogP contribution in [0.5, 0.6) is 0 Å². The molecule has 0 saturated heterocycles. The first-order valence-electron chi connectivity index (χ1n) is 7.54. The van der Waals surface area contributed by atoms with Gasteiger partial charge in [-0.15, -0.1) is 0 Å². The first-order chi connectivity index (χ1) is 8.70. The fourth-order valence-electron chi connectivity index (χ4n) is 4.23. The maximum absolute atomic E-state index is 5.97. The molecule has 2 aliphatic carbocycles. The topological polar surface area (TPSA) is 50.4 Å². The molecular formula is C15H25N3. The molecule has 0 unspecified atom stereocenters. The van der Waals surface area contributed by atoms with Gasteiger partial charge in [0, 0.05) is 11.6 Å². The van der Waals surface area contributed by atoms with Gasteiger partial charge < -0.3 is 11.1 Å². The number of allylic oxidation sites excluding steroid dienone is 1. The van der Waals surface area contributed by atoms with Crippen LogP contribution in [0, 0.1) is 17.8 Å². The molecule has 4 atom stereocenters. The molecule has 3 rings (SSSR count). The molecule has 1 fully saturated rings. The molecule has 18 heavy (non-hydrogen) atoms. The Morgan fingerprint density at radius 1 is 1.39 bits per heavy atom. The predicted octanol–water partition coefficient (Wildman–Crippen LogP) is 2.78. The van der Waals surface area contributed by atoms with Crippen LogP contribution in [0.15, 0.2) is 16.3 Å². The van der Waals surface area contributed by atoms with Crippen LogP contribution in [0.3, 0.4) is 0 Å². The van der Waals surface area contributed by atoms with Crippen LogP contribution in [0.4, 0.5) is 0 Å². The molecule has 0 aromatic carbocycles. The Balaban J connectivity index is 1.96. The van der Waals surface area contributed by atoms with Crippen LogP contribution in [-0.2, 0) is 0 Å². The van der Waals surface area contributed by atoms with Gasteiger partial charge in [0.15, 0.2) is 5.96 Å². The molecule has 1 aliphatic heterocycles. The van der Waals surface area contributed by atoms with Crippen molar-refractivity contribution in [1.82, 2.24) is 5.32 Å². The molecule has 3 nitrogen and oxygen atoms in total. The van der Waals surface area contributed by atoms with E-state index in [0.29, 0.717) is 17.9 Å². The largest absolute Gasteiger partial charge is 0.370 e. The molecule has 3 N–H and O–H groups in total. The summed E-state index contributed by atoms with van der Waals surface area (Å²) < 4.78 is 0. The van der Waals surface area contributed by atoms with Crippen molar-refractivity contribution in [2.75, 3.05) is 0 Å². The summed E-state index contributed by atoms with van der Waals surface area (Å²) in [6, 6.07) is 0.468. The Hall–Kier alpha value is -0.990. The molecule has 3 heteroatoms. The van der Waals surface area contributed by atoms with E-state index in [1.807, 2.05) is 0 Å². The molecular weight excluding hydrogens is 222 g/mol. The van der Waals surface area contributed by atoms with Gasteiger partial charge in [0.1, 0.15) is 0 Å². The number of guanidine groups is 1. The maximum Gasteiger partial charge on any atom is 0.193 e. The van der Waals surface area contributed by atoms with E-state index >= 15 is 0 Å². The Labute approximate surface area is 110 Å². The van der Waals surface area contributed by atoms with Gasteiger partial charge in [-0.3, -0.25) is 0 Å². The number of aliphatic imine (C=N–C) groups is 1. The van der Waals surface area contributed by atoms with Gasteiger partial charge in [0.05, 0.1) is 6.04 Å². The first-order valence-corrected chi connectivity index (χ1v) is 7.54. The monoisotopic (exact) mass is 247 g/mol. The summed E-state index contributed by atoms with van der Waals surface area (Å²) in [5, 5.41) is 3.42. The van der Waals surface area contributed by atoms with E-state index in [4.69, 9.17) is 5.73 Å². The summed E-state index contributed by atoms with van der Waals surface area (Å²) in [5.74, 6) is 2.87. The van der Waals surface area contributed by atoms with Crippen molar-refractivity contribution in [2.24, 2.45) is 28.5 Å². The molecule has 0 aromatic rings. The minimum absolute atomic E-state index is 0.468. The summed E-state index contributed by atoms with van der Waals surface area (Å²) in [6.45, 7) is 4.66. The molecule has 1 saturated carbocycles. The third kappa shape index (κ3) is 1.84. The van der Waals surface area contributed by atoms with Crippen molar-refractivity contribution in [2.45, 2.75) is 58.4 Å². The molecule has 100 valence electrons. The molecule has 0 spiro atoms. The maximum atomic E-state index is 5.97. The Morgan fingerprint density at radius 2 is 2.22 bits per heavy atom. The average Bonchev–Trinajstić information content (AvgIpc) is 2.72. The number of hydrogen-bond acceptors (Lipinski definition) is 3. The van der Waals surface area contributed by atoms with Crippen molar-refractivity contribution < 1.29 is 0 Å². The smallest absolute Gasteiger partial charge is 0.193 e. The van der Waals surface area contributed by atoms with Crippen LogP contribution < -0.4 is 11.1 Å². The van der Waals surface area contributed by atoms with Gasteiger partial charge in [-0.05, 0) is 49.5 Å². The summed E-state index contributed by atoms with van der Waals surface area (Å²) in [7, 11) is 0. The lowest BCUT2D eigenvalue weighted by Crippen LogP contribution is -2.45. The summed E-state index contributed by atoms with van der Waals surface area (Å²) in [4.78, 5) is 4.62. The number of rotatable bonds is 3. The minimum atomic E-state index is 0.468. The highest BCUT2D eigenvalue weighted by Gasteiger charge is 2.45. The highest BCUT2D eigenvalue weighted by Crippen LogP contribution is 2.49. The number of hydrogen-bond donors (Lipinski definition) is 2. The van der Waals surface area contributed by atoms with E-state index in [2.05, 4.69) is 24.2 Å². The van der Waals surface area contributed by atoms with Crippen molar-refractivity contribution in [1.29, 1.82) is 0 Å². The van der Waals surface area contributed by atoms with E-state index in [0.717, 1.165) is 11.8 Å². The standard InChI is InChI=1S/C15H25N3/c1-3-4-5-11-9(2)8-10-6-7-12-13(10)14(11)18-15(16)17-12/h9-10,12-13H,3-8H2,1-2H3,(H3,16,17,18)/t9-,10+,12+,13-/m1/s1. The SMILES string of the molecule is CCCCC1=C2NC(N)=N[C@H]3CC[C@@H](C[C@H]1C)[C@@H]23. The fourth-order valence-corrected chi connectivity index (χ4v) is 4.23. The zero-order valence-corrected chi connectivity index (χ0v) is 11.6. The van der Waals surface area contributed by atoms with E-state index in [9.17, 15) is 0 Å². The number of unbranched alkanes of at least 4 members (excludes halogenated alkanes) is 1. The Bertz CT molecular complexity index is 397. The van der Waals surface area contributed by atoms with Gasteiger partial charge in [-0.25, -0.2) is 4.99 Å². The minimum Gasteiger partial charge on any atom is -0.370 e. The normalized spacial score (nSPS) is 38.2. The highest BCUT2D eigenvalue weighted by molar-refractivity contribution is 5.81. The average molecular weight is 247 g/mol. The second-order valence-corrected chi connectivity index (χ2v) is 6.25. The van der Waals surface area contributed by atoms with Crippen LogP contribution in [0.2, 0.25) is 0 Å². The molecule has 0 bridgehead atoms. The van der Waals surface area contributed by atoms with E-state index in [1.165, 1.54) is 44.2 Å². The third-order valence-corrected chi connectivity index (χ3v) is 5.05. The van der Waals surface area contributed by atoms with Crippen LogP contribution in [0.1, 0.15) is 52.4 Å². The summed E-state index contributed by atoms with van der Waals surface area (Å²) in [5.41, 5.74) is 9.07. The Kier molecular flexibility index (Phi) is 3.08. The lowest BCUT2D eigenvalue weighted by atomic mass is 9.72. The second-order valence-electron chi connectivity index (χ2n) is 6.25. The lowest BCUT2D eigenvalue weighted by Gasteiger charge is -2.39. The summed E-state index contributed by atoms with van der Waals surface area (Å²) >= 11 is 0. The van der Waals surface area contributed by atoms with Gasteiger partial charge >= 0.3 is 0 Å². The van der Waals surface area contributed by atoms with E-state index < -0.39 is 0 Å². The molecule has 0 amide bonds. The predicted molar refractivity (Wildman–Crippen MR) is 75.1 cm³/mol. The van der Waals surface area contributed by atoms with Crippen LogP contribution >= 0.6 is 0 Å².